The number of aromatic amines is 1. The van der Waals surface area contributed by atoms with Gasteiger partial charge in [-0.15, -0.1) is 6.42 Å². The molecule has 0 saturated carbocycles. The van der Waals surface area contributed by atoms with E-state index < -0.39 is 0 Å². The summed E-state index contributed by atoms with van der Waals surface area (Å²) in [5.74, 6) is 4.02. The second-order valence-electron chi connectivity index (χ2n) is 6.75. The van der Waals surface area contributed by atoms with Gasteiger partial charge in [-0.2, -0.15) is 14.9 Å². The first-order chi connectivity index (χ1) is 14.5. The molecule has 3 heterocycles. The number of aromatic nitrogens is 4. The van der Waals surface area contributed by atoms with Crippen molar-refractivity contribution in [1.82, 2.24) is 20.0 Å². The monoisotopic (exact) mass is 405 g/mol. The Morgan fingerprint density at radius 3 is 2.80 bits per heavy atom. The number of nitrogens with one attached hydrogen (secondary N) is 2. The zero-order valence-electron chi connectivity index (χ0n) is 16.4. The van der Waals surface area contributed by atoms with E-state index in [4.69, 9.17) is 15.9 Å². The first kappa shape index (κ1) is 19.3. The number of carbonyl (C=O) groups excluding carboxylic acids is 1. The zero-order chi connectivity index (χ0) is 21.3. The predicted octanol–water partition coefficient (Wildman–Crippen LogP) is 1.76. The van der Waals surface area contributed by atoms with Crippen LogP contribution < -0.4 is 20.3 Å². The number of ether oxygens (including phenoxy) is 2. The van der Waals surface area contributed by atoms with E-state index in [-0.39, 0.29) is 30.4 Å². The van der Waals surface area contributed by atoms with Gasteiger partial charge in [0.2, 0.25) is 5.91 Å². The van der Waals surface area contributed by atoms with Crippen LogP contribution >= 0.6 is 0 Å². The third-order valence-electron chi connectivity index (χ3n) is 4.89. The van der Waals surface area contributed by atoms with Crippen LogP contribution in [0.1, 0.15) is 29.2 Å². The molecule has 30 heavy (non-hydrogen) atoms. The molecule has 152 valence electrons. The van der Waals surface area contributed by atoms with Gasteiger partial charge in [0.05, 0.1) is 12.8 Å². The van der Waals surface area contributed by atoms with Gasteiger partial charge in [-0.1, -0.05) is 12.0 Å². The van der Waals surface area contributed by atoms with Gasteiger partial charge in [-0.3, -0.25) is 9.59 Å². The third kappa shape index (κ3) is 3.39. The summed E-state index contributed by atoms with van der Waals surface area (Å²) in [5.41, 5.74) is 2.16. The number of terminal acetylenes is 1. The molecular weight excluding hydrogens is 386 g/mol. The van der Waals surface area contributed by atoms with Crippen molar-refractivity contribution >= 4 is 11.7 Å². The van der Waals surface area contributed by atoms with Crippen LogP contribution in [0.3, 0.4) is 0 Å². The van der Waals surface area contributed by atoms with E-state index in [0.717, 1.165) is 16.8 Å². The number of methoxy groups -OCH3 is 1. The molecule has 4 rings (SSSR count). The Morgan fingerprint density at radius 2 is 2.10 bits per heavy atom. The van der Waals surface area contributed by atoms with Gasteiger partial charge >= 0.3 is 0 Å². The molecule has 1 aliphatic rings. The van der Waals surface area contributed by atoms with Gasteiger partial charge < -0.3 is 14.8 Å². The maximum atomic E-state index is 12.5. The second kappa shape index (κ2) is 7.75. The Kier molecular flexibility index (Phi) is 4.98. The number of benzene rings is 1. The van der Waals surface area contributed by atoms with Crippen molar-refractivity contribution in [2.45, 2.75) is 19.3 Å². The van der Waals surface area contributed by atoms with Gasteiger partial charge in [0.1, 0.15) is 12.4 Å². The highest BCUT2D eigenvalue weighted by atomic mass is 16.5. The molecule has 0 aliphatic carbocycles. The molecule has 0 saturated heterocycles. The lowest BCUT2D eigenvalue weighted by molar-refractivity contribution is -0.116. The van der Waals surface area contributed by atoms with E-state index in [1.165, 1.54) is 10.7 Å². The molecule has 9 heteroatoms. The first-order valence-electron chi connectivity index (χ1n) is 9.21. The molecule has 1 aromatic carbocycles. The Hall–Kier alpha value is -4.06. The van der Waals surface area contributed by atoms with Crippen molar-refractivity contribution < 1.29 is 14.3 Å². The summed E-state index contributed by atoms with van der Waals surface area (Å²) < 4.78 is 12.5. The van der Waals surface area contributed by atoms with Crippen molar-refractivity contribution in [3.05, 3.63) is 57.5 Å². The van der Waals surface area contributed by atoms with Crippen LogP contribution in [-0.2, 0) is 4.79 Å². The average Bonchev–Trinajstić information content (AvgIpc) is 3.08. The van der Waals surface area contributed by atoms with Crippen molar-refractivity contribution in [2.24, 2.45) is 0 Å². The smallest absolute Gasteiger partial charge is 0.264 e. The Bertz CT molecular complexity index is 1200. The van der Waals surface area contributed by atoms with Crippen LogP contribution in [0.4, 0.5) is 5.82 Å². The fraction of sp³-hybridized carbons (Fsp3) is 0.238. The number of anilines is 1. The van der Waals surface area contributed by atoms with E-state index in [9.17, 15) is 9.59 Å². The first-order valence-corrected chi connectivity index (χ1v) is 9.21. The summed E-state index contributed by atoms with van der Waals surface area (Å²) in [5, 5.41) is 13.8. The van der Waals surface area contributed by atoms with E-state index in [1.54, 1.807) is 19.2 Å². The molecule has 0 radical (unpaired) electrons. The number of aryl methyl sites for hydroxylation is 1. The number of carbonyl (C=O) groups is 1. The second-order valence-corrected chi connectivity index (χ2v) is 6.75. The lowest BCUT2D eigenvalue weighted by Crippen LogP contribution is -2.25. The van der Waals surface area contributed by atoms with Crippen LogP contribution in [0.15, 0.2) is 35.1 Å². The minimum absolute atomic E-state index is 0.102. The van der Waals surface area contributed by atoms with Crippen molar-refractivity contribution in [3.8, 4) is 29.7 Å². The van der Waals surface area contributed by atoms with Crippen LogP contribution in [0, 0.1) is 19.3 Å². The predicted molar refractivity (Wildman–Crippen MR) is 109 cm³/mol. The lowest BCUT2D eigenvalue weighted by Gasteiger charge is -2.25. The highest BCUT2D eigenvalue weighted by Gasteiger charge is 2.33. The fourth-order valence-electron chi connectivity index (χ4n) is 3.59. The molecule has 9 nitrogen and oxygen atoms in total. The minimum atomic E-state index is -0.323. The molecule has 1 aliphatic heterocycles. The standard InChI is InChI=1S/C21H19N5O4/c1-4-9-30-16-10-13(5-6-15(16)29-3)14-11-19(28)22-21-20(14)12(2)25-26(21)17-7-8-18(27)24-23-17/h1,5-8,10,14H,9,11H2,2-3H3,(H,22,28)(H,24,27)/t14-/m1/s1. The Balaban J connectivity index is 1.81. The normalized spacial score (nSPS) is 15.1. The number of H-pyrrole nitrogens is 1. The topological polar surface area (TPSA) is 111 Å². The lowest BCUT2D eigenvalue weighted by atomic mass is 9.85. The molecule has 2 aromatic heterocycles. The van der Waals surface area contributed by atoms with Gasteiger partial charge in [0, 0.05) is 24.0 Å². The van der Waals surface area contributed by atoms with Crippen LogP contribution in [0.2, 0.25) is 0 Å². The fourth-order valence-corrected chi connectivity index (χ4v) is 3.59. The van der Waals surface area contributed by atoms with Gasteiger partial charge in [-0.25, -0.2) is 5.10 Å². The summed E-state index contributed by atoms with van der Waals surface area (Å²) in [7, 11) is 1.55. The zero-order valence-corrected chi connectivity index (χ0v) is 16.4. The molecule has 3 aromatic rings. The number of nitrogens with zero attached hydrogens (tertiary/aromatic N) is 3. The Labute approximate surface area is 172 Å². The number of hydrogen-bond acceptors (Lipinski definition) is 6. The SMILES string of the molecule is C#CCOc1cc([C@H]2CC(=O)Nc3c2c(C)nn3-c2ccc(=O)[nH]n2)ccc1OC. The van der Waals surface area contributed by atoms with E-state index >= 15 is 0 Å². The highest BCUT2D eigenvalue weighted by Crippen LogP contribution is 2.42. The number of rotatable bonds is 5. The van der Waals surface area contributed by atoms with Crippen LogP contribution in [0.25, 0.3) is 5.82 Å². The van der Waals surface area contributed by atoms with Crippen molar-refractivity contribution in [3.63, 3.8) is 0 Å². The quantitative estimate of drug-likeness (QED) is 0.626. The summed E-state index contributed by atoms with van der Waals surface area (Å²) in [6.07, 6.45) is 5.56. The van der Waals surface area contributed by atoms with E-state index in [0.29, 0.717) is 23.1 Å². The maximum absolute atomic E-state index is 12.5. The van der Waals surface area contributed by atoms with E-state index in [2.05, 4.69) is 26.5 Å². The van der Waals surface area contributed by atoms with Crippen molar-refractivity contribution in [1.29, 1.82) is 0 Å². The molecule has 0 bridgehead atoms. The summed E-state index contributed by atoms with van der Waals surface area (Å²) in [6.45, 7) is 1.97. The highest BCUT2D eigenvalue weighted by molar-refractivity contribution is 5.95. The summed E-state index contributed by atoms with van der Waals surface area (Å²) >= 11 is 0. The summed E-state index contributed by atoms with van der Waals surface area (Å²) in [4.78, 5) is 23.9. The largest absolute Gasteiger partial charge is 0.493 e. The Morgan fingerprint density at radius 1 is 1.27 bits per heavy atom. The third-order valence-corrected chi connectivity index (χ3v) is 4.89. The van der Waals surface area contributed by atoms with E-state index in [1.807, 2.05) is 19.1 Å². The van der Waals surface area contributed by atoms with Gasteiger partial charge in [0.15, 0.2) is 17.3 Å². The van der Waals surface area contributed by atoms with Crippen LogP contribution in [0.5, 0.6) is 11.5 Å². The maximum Gasteiger partial charge on any atom is 0.264 e. The molecule has 0 spiro atoms. The molecule has 1 amide bonds. The number of amides is 1. The summed E-state index contributed by atoms with van der Waals surface area (Å²) in [6, 6.07) is 8.41. The number of hydrogen-bond donors (Lipinski definition) is 2. The molecule has 0 unspecified atom stereocenters. The average molecular weight is 405 g/mol. The molecular formula is C21H19N5O4. The van der Waals surface area contributed by atoms with Gasteiger partial charge in [-0.05, 0) is 30.7 Å². The van der Waals surface area contributed by atoms with Gasteiger partial charge in [0.25, 0.3) is 5.56 Å². The molecule has 1 atom stereocenters. The minimum Gasteiger partial charge on any atom is -0.493 e. The van der Waals surface area contributed by atoms with Crippen LogP contribution in [-0.4, -0.2) is 39.6 Å². The van der Waals surface area contributed by atoms with Crippen molar-refractivity contribution in [2.75, 3.05) is 19.0 Å². The molecule has 2 N–H and O–H groups in total. The number of fused-ring (bicyclic) bond motifs is 1. The molecule has 0 fully saturated rings.